The summed E-state index contributed by atoms with van der Waals surface area (Å²) < 4.78 is 6.93. The van der Waals surface area contributed by atoms with E-state index >= 15 is 0 Å². The van der Waals surface area contributed by atoms with Crippen LogP contribution in [0, 0.1) is 0 Å². The molecule has 0 atom stereocenters. The van der Waals surface area contributed by atoms with Crippen LogP contribution in [0.25, 0.3) is 305 Å². The van der Waals surface area contributed by atoms with Crippen LogP contribution in [0.3, 0.4) is 0 Å². The molecule has 0 amide bonds. The highest BCUT2D eigenvalue weighted by atomic mass is 15.2. The minimum absolute atomic E-state index is 0.641. The highest BCUT2D eigenvalue weighted by Gasteiger charge is 2.33. The monoisotopic (exact) mass is 1870 g/mol. The Morgan fingerprint density at radius 1 is 0.143 bits per heavy atom. The Kier molecular flexibility index (Phi) is 18.9. The molecule has 680 valence electrons. The largest absolute Gasteiger partial charge is 0.309 e. The topological polar surface area (TPSA) is 105 Å². The van der Waals surface area contributed by atoms with Crippen molar-refractivity contribution in [2.24, 2.45) is 0 Å². The van der Waals surface area contributed by atoms with Crippen LogP contribution in [0.15, 0.2) is 497 Å². The van der Waals surface area contributed by atoms with Crippen molar-refractivity contribution >= 4 is 130 Å². The van der Waals surface area contributed by atoms with Gasteiger partial charge in [0.1, 0.15) is 0 Å². The van der Waals surface area contributed by atoms with E-state index in [1.165, 1.54) is 176 Å². The zero-order valence-electron chi connectivity index (χ0n) is 79.3. The van der Waals surface area contributed by atoms with Gasteiger partial charge >= 0.3 is 0 Å². The van der Waals surface area contributed by atoms with Gasteiger partial charge in [-0.2, -0.15) is 0 Å². The van der Waals surface area contributed by atoms with Crippen LogP contribution in [-0.2, 0) is 0 Å². The number of aromatic nitrogens is 10. The van der Waals surface area contributed by atoms with Gasteiger partial charge in [-0.1, -0.05) is 425 Å². The van der Waals surface area contributed by atoms with E-state index in [0.29, 0.717) is 29.4 Å². The van der Waals surface area contributed by atoms with Gasteiger partial charge in [0, 0.05) is 98.7 Å². The molecule has 147 heavy (non-hydrogen) atoms. The number of rotatable bonds is 8. The molecule has 0 radical (unpaired) electrons. The standard InChI is InChI=1S/C49H30N4.C46H27N3.C42H25N3/c1-3-13-32(14-4-1)47-50-48(33-15-5-2-6-16-33)52-49(51-47)34-25-27-35(28-26-34)53-42-24-10-9-21-41(42)46-43(53)30-29-40-39-23-12-18-31-17-11-22-37(44(31)39)36-19-7-8-20-38(36)45(40)46;1-2-13-30(14-3-1)44-38-25-24-28-12-4-5-17-31(28)45(38)48-46(47-44)49-39-23-9-8-20-37(39)43-40(49)27-26-36-35-22-11-16-29-15-10-21-33(41(29)35)32-18-6-7-19-34(32)42(36)43;1-2-12-27(13-3-1)41-33-18-6-8-22-35(33)43-42(44-41)45-36-23-9-7-19-34(36)40-37(45)25-24-32-31-21-11-15-26-14-10-20-29(38(26)31)28-16-4-5-17-30(28)39(32)40/h1-30H;1-27H;1-25H. The quantitative estimate of drug-likeness (QED) is 0.140. The SMILES string of the molecule is c1ccc(-c2nc(-c3ccccc3)nc(-c3ccc(-n4c5ccccc5c5c6c(ccc54)-c4cccc5cccc(c45)-c4ccccc4-6)cc3)n2)cc1.c1ccc(-c2nc(-n3c4ccccc4c4c5c(ccc43)-c3cccc4cccc(c34)-c3ccccc3-5)nc3c2ccc2ccccc23)cc1.c1ccc(-c2nc(-n3c4ccccc4c4c5c(ccc43)-c3cccc4cccc(c34)-c3ccccc3-5)nc3ccccc23)cc1. The third kappa shape index (κ3) is 13.0. The second-order valence-electron chi connectivity index (χ2n) is 38.2. The summed E-state index contributed by atoms with van der Waals surface area (Å²) >= 11 is 0. The predicted octanol–water partition coefficient (Wildman–Crippen LogP) is 35.3. The highest BCUT2D eigenvalue weighted by Crippen LogP contribution is 2.57. The molecule has 10 heteroatoms. The molecule has 0 N–H and O–H groups in total. The Labute approximate surface area is 844 Å². The summed E-state index contributed by atoms with van der Waals surface area (Å²) in [6.45, 7) is 0. The van der Waals surface area contributed by atoms with Crippen LogP contribution < -0.4 is 0 Å². The lowest BCUT2D eigenvalue weighted by molar-refractivity contribution is 1.01. The Bertz CT molecular complexity index is 10500. The van der Waals surface area contributed by atoms with Crippen LogP contribution >= 0.6 is 0 Å². The van der Waals surface area contributed by atoms with Gasteiger partial charge in [0.2, 0.25) is 11.9 Å². The zero-order valence-corrected chi connectivity index (χ0v) is 79.3. The first-order valence-electron chi connectivity index (χ1n) is 50.1. The first-order valence-corrected chi connectivity index (χ1v) is 50.1. The van der Waals surface area contributed by atoms with Gasteiger partial charge < -0.3 is 4.57 Å². The lowest BCUT2D eigenvalue weighted by Gasteiger charge is -2.15. The predicted molar refractivity (Wildman–Crippen MR) is 609 cm³/mol. The van der Waals surface area contributed by atoms with Crippen molar-refractivity contribution in [3.8, 4) is 174 Å². The third-order valence-electron chi connectivity index (χ3n) is 30.3. The Morgan fingerprint density at radius 3 is 0.857 bits per heavy atom. The molecule has 6 aromatic heterocycles. The summed E-state index contributed by atoms with van der Waals surface area (Å²) in [5.41, 5.74) is 39.2. The molecule has 0 saturated heterocycles. The van der Waals surface area contributed by atoms with Crippen molar-refractivity contribution in [3.63, 3.8) is 0 Å². The maximum Gasteiger partial charge on any atom is 0.235 e. The van der Waals surface area contributed by atoms with E-state index in [0.717, 1.165) is 99.5 Å². The Hall–Kier alpha value is -19.8. The van der Waals surface area contributed by atoms with Gasteiger partial charge in [0.05, 0.1) is 55.5 Å². The summed E-state index contributed by atoms with van der Waals surface area (Å²) in [6, 6.07) is 178. The highest BCUT2D eigenvalue weighted by molar-refractivity contribution is 6.28. The van der Waals surface area contributed by atoms with Gasteiger partial charge in [-0.05, 0) is 194 Å². The summed E-state index contributed by atoms with van der Waals surface area (Å²) in [5.74, 6) is 3.29. The number of para-hydroxylation sites is 4. The molecule has 23 aromatic carbocycles. The van der Waals surface area contributed by atoms with Gasteiger partial charge in [-0.15, -0.1) is 0 Å². The number of benzene rings is 23. The van der Waals surface area contributed by atoms with Gasteiger partial charge in [0.15, 0.2) is 17.5 Å². The van der Waals surface area contributed by atoms with E-state index in [1.807, 2.05) is 66.7 Å². The molecular weight excluding hydrogens is 1790 g/mol. The Balaban J connectivity index is 0.000000102. The van der Waals surface area contributed by atoms with E-state index < -0.39 is 0 Å². The average molecular weight is 1870 g/mol. The molecule has 32 rings (SSSR count). The fourth-order valence-corrected chi connectivity index (χ4v) is 24.0. The minimum Gasteiger partial charge on any atom is -0.309 e. The number of nitrogens with zero attached hydrogens (tertiary/aromatic N) is 10. The van der Waals surface area contributed by atoms with Crippen molar-refractivity contribution in [1.82, 2.24) is 48.6 Å². The molecule has 10 nitrogen and oxygen atoms in total. The smallest absolute Gasteiger partial charge is 0.235 e. The molecule has 29 aromatic rings. The number of hydrogen-bond acceptors (Lipinski definition) is 7. The van der Waals surface area contributed by atoms with E-state index in [4.69, 9.17) is 34.9 Å². The van der Waals surface area contributed by atoms with Crippen LogP contribution in [0.1, 0.15) is 0 Å². The summed E-state index contributed by atoms with van der Waals surface area (Å²) in [7, 11) is 0. The molecule has 0 saturated carbocycles. The third-order valence-corrected chi connectivity index (χ3v) is 30.3. The van der Waals surface area contributed by atoms with Gasteiger partial charge in [0.25, 0.3) is 0 Å². The van der Waals surface area contributed by atoms with Crippen LogP contribution in [0.4, 0.5) is 0 Å². The molecule has 0 fully saturated rings. The van der Waals surface area contributed by atoms with Crippen molar-refractivity contribution in [2.75, 3.05) is 0 Å². The molecule has 0 aliphatic heterocycles. The number of hydrogen-bond donors (Lipinski definition) is 0. The second kappa shape index (κ2) is 33.4. The summed E-state index contributed by atoms with van der Waals surface area (Å²) in [4.78, 5) is 36.2. The van der Waals surface area contributed by atoms with E-state index in [9.17, 15) is 0 Å². The molecule has 3 aliphatic carbocycles. The van der Waals surface area contributed by atoms with Crippen molar-refractivity contribution in [3.05, 3.63) is 497 Å². The molecule has 0 unspecified atom stereocenters. The maximum absolute atomic E-state index is 5.42. The Morgan fingerprint density at radius 2 is 0.442 bits per heavy atom. The van der Waals surface area contributed by atoms with Crippen LogP contribution in [0.2, 0.25) is 0 Å². The molecule has 0 spiro atoms. The average Bonchev–Trinajstić information content (AvgIpc) is 1.56. The normalized spacial score (nSPS) is 11.9. The lowest BCUT2D eigenvalue weighted by Crippen LogP contribution is -2.04. The first kappa shape index (κ1) is 83.0. The van der Waals surface area contributed by atoms with E-state index in [1.54, 1.807) is 0 Å². The molecule has 0 bridgehead atoms. The maximum atomic E-state index is 5.42. The van der Waals surface area contributed by atoms with Crippen molar-refractivity contribution in [2.45, 2.75) is 0 Å². The van der Waals surface area contributed by atoms with E-state index in [-0.39, 0.29) is 0 Å². The fourth-order valence-electron chi connectivity index (χ4n) is 24.0. The van der Waals surface area contributed by atoms with Crippen LogP contribution in [-0.4, -0.2) is 48.6 Å². The van der Waals surface area contributed by atoms with Crippen molar-refractivity contribution in [1.29, 1.82) is 0 Å². The second-order valence-corrected chi connectivity index (χ2v) is 38.2. The summed E-state index contributed by atoms with van der Waals surface area (Å²) in [6.07, 6.45) is 0. The number of fused-ring (bicyclic) bond motifs is 31. The summed E-state index contributed by atoms with van der Waals surface area (Å²) in [5, 5.41) is 19.4. The molecule has 3 aliphatic rings. The first-order chi connectivity index (χ1) is 73.0. The van der Waals surface area contributed by atoms with E-state index in [2.05, 4.69) is 444 Å². The van der Waals surface area contributed by atoms with Gasteiger partial charge in [-0.3, -0.25) is 9.13 Å². The minimum atomic E-state index is 0.641. The van der Waals surface area contributed by atoms with Crippen LogP contribution in [0.5, 0.6) is 0 Å². The van der Waals surface area contributed by atoms with Crippen molar-refractivity contribution < 1.29 is 0 Å². The molecular formula is C137H82N10. The lowest BCUT2D eigenvalue weighted by atomic mass is 9.90. The fraction of sp³-hybridized carbons (Fsp3) is 0. The van der Waals surface area contributed by atoms with Gasteiger partial charge in [-0.25, -0.2) is 34.9 Å². The molecule has 6 heterocycles. The zero-order chi connectivity index (χ0) is 96.4.